The van der Waals surface area contributed by atoms with E-state index in [2.05, 4.69) is 9.98 Å². The predicted molar refractivity (Wildman–Crippen MR) is 50.7 cm³/mol. The zero-order chi connectivity index (χ0) is 8.60. The van der Waals surface area contributed by atoms with Crippen LogP contribution in [0.1, 0.15) is 6.92 Å². The van der Waals surface area contributed by atoms with Gasteiger partial charge in [0.05, 0.1) is 10.7 Å². The van der Waals surface area contributed by atoms with Crippen LogP contribution in [-0.2, 0) is 0 Å². The molecule has 0 bridgehead atoms. The van der Waals surface area contributed by atoms with Gasteiger partial charge in [0.15, 0.2) is 4.99 Å². The van der Waals surface area contributed by atoms with Gasteiger partial charge in [-0.2, -0.15) is 0 Å². The van der Waals surface area contributed by atoms with Gasteiger partial charge in [-0.05, 0) is 25.3 Å². The monoisotopic (exact) mass is 178 g/mol. The lowest BCUT2D eigenvalue weighted by Gasteiger charge is -2.12. The molecule has 1 aromatic rings. The van der Waals surface area contributed by atoms with Gasteiger partial charge in [0, 0.05) is 0 Å². The van der Waals surface area contributed by atoms with Gasteiger partial charge in [-0.25, -0.2) is 9.98 Å². The molecule has 0 N–H and O–H groups in total. The summed E-state index contributed by atoms with van der Waals surface area (Å²) in [6, 6.07) is 7.98. The molecule has 62 valence electrons. The van der Waals surface area contributed by atoms with Gasteiger partial charge in [-0.3, -0.25) is 0 Å². The Morgan fingerprint density at radius 3 is 2.08 bits per heavy atom. The van der Waals surface area contributed by atoms with Crippen molar-refractivity contribution in [1.82, 2.24) is 0 Å². The Bertz CT molecular complexity index is 376. The molecule has 2 rings (SSSR count). The fourth-order valence-corrected chi connectivity index (χ4v) is 1.60. The number of nitrogens with zero attached hydrogens (tertiary/aromatic N) is 2. The highest BCUT2D eigenvalue weighted by atomic mass is 32.2. The number of rotatable bonds is 1. The van der Waals surface area contributed by atoms with Gasteiger partial charge in [-0.15, -0.1) is 11.8 Å². The molecule has 0 unspecified atom stereocenters. The first kappa shape index (κ1) is 7.80. The van der Waals surface area contributed by atoms with E-state index >= 15 is 0 Å². The summed E-state index contributed by atoms with van der Waals surface area (Å²) in [6.45, 7) is 2.03. The summed E-state index contributed by atoms with van der Waals surface area (Å²) in [6.07, 6.45) is 2.03. The number of hydrogen-bond acceptors (Lipinski definition) is 3. The van der Waals surface area contributed by atoms with E-state index in [-0.39, 0.29) is 4.99 Å². The molecule has 0 spiro atoms. The summed E-state index contributed by atoms with van der Waals surface area (Å²) >= 11 is 1.66. The molecular formula is C9H10N2S. The van der Waals surface area contributed by atoms with E-state index in [1.54, 1.807) is 11.8 Å². The van der Waals surface area contributed by atoms with Crippen LogP contribution in [0.15, 0.2) is 34.3 Å². The van der Waals surface area contributed by atoms with Gasteiger partial charge in [0.2, 0.25) is 0 Å². The van der Waals surface area contributed by atoms with E-state index in [1.807, 2.05) is 37.4 Å². The largest absolute Gasteiger partial charge is 0.243 e. The summed E-state index contributed by atoms with van der Waals surface area (Å²) in [5, 5.41) is 2.02. The SMILES string of the molecule is CSC1(C)N=c2ccccc2=N1. The Morgan fingerprint density at radius 1 is 1.17 bits per heavy atom. The van der Waals surface area contributed by atoms with Crippen molar-refractivity contribution in [3.05, 3.63) is 35.0 Å². The Balaban J connectivity index is 2.68. The fraction of sp³-hybridized carbons (Fsp3) is 0.333. The molecule has 0 atom stereocenters. The molecule has 0 radical (unpaired) electrons. The summed E-state index contributed by atoms with van der Waals surface area (Å²) in [5.41, 5.74) is 0. The van der Waals surface area contributed by atoms with E-state index in [0.29, 0.717) is 0 Å². The summed E-state index contributed by atoms with van der Waals surface area (Å²) in [4.78, 5) is 8.71. The smallest absolute Gasteiger partial charge is 0.195 e. The minimum atomic E-state index is -0.288. The Morgan fingerprint density at radius 2 is 1.67 bits per heavy atom. The van der Waals surface area contributed by atoms with Crippen LogP contribution >= 0.6 is 11.8 Å². The molecule has 1 aliphatic heterocycles. The highest BCUT2D eigenvalue weighted by Crippen LogP contribution is 2.24. The first-order valence-electron chi connectivity index (χ1n) is 3.83. The molecule has 12 heavy (non-hydrogen) atoms. The van der Waals surface area contributed by atoms with E-state index in [1.165, 1.54) is 0 Å². The van der Waals surface area contributed by atoms with E-state index in [0.717, 1.165) is 10.7 Å². The summed E-state index contributed by atoms with van der Waals surface area (Å²) in [5.74, 6) is 0. The van der Waals surface area contributed by atoms with Crippen molar-refractivity contribution in [2.45, 2.75) is 11.9 Å². The first-order chi connectivity index (χ1) is 5.73. The maximum Gasteiger partial charge on any atom is 0.195 e. The van der Waals surface area contributed by atoms with Crippen molar-refractivity contribution < 1.29 is 0 Å². The molecule has 1 aromatic carbocycles. The third-order valence-electron chi connectivity index (χ3n) is 1.92. The molecule has 0 amide bonds. The summed E-state index contributed by atoms with van der Waals surface area (Å²) in [7, 11) is 0. The standard InChI is InChI=1S/C9H10N2S/c1-9(12-2)10-7-5-3-4-6-8(7)11-9/h3-6H,1-2H3. The molecule has 0 saturated heterocycles. The van der Waals surface area contributed by atoms with Gasteiger partial charge >= 0.3 is 0 Å². The minimum Gasteiger partial charge on any atom is -0.243 e. The second-order valence-corrected chi connectivity index (χ2v) is 4.03. The average molecular weight is 178 g/mol. The topological polar surface area (TPSA) is 24.7 Å². The quantitative estimate of drug-likeness (QED) is 0.629. The van der Waals surface area contributed by atoms with Crippen molar-refractivity contribution in [3.63, 3.8) is 0 Å². The number of fused-ring (bicyclic) bond motifs is 1. The minimum absolute atomic E-state index is 0.288. The van der Waals surface area contributed by atoms with Crippen LogP contribution in [0.2, 0.25) is 0 Å². The van der Waals surface area contributed by atoms with Gasteiger partial charge in [0.25, 0.3) is 0 Å². The number of para-hydroxylation sites is 2. The lowest BCUT2D eigenvalue weighted by molar-refractivity contribution is 0.718. The third-order valence-corrected chi connectivity index (χ3v) is 2.88. The molecule has 1 aliphatic rings. The molecule has 3 heteroatoms. The van der Waals surface area contributed by atoms with Gasteiger partial charge < -0.3 is 0 Å². The number of hydrogen-bond donors (Lipinski definition) is 0. The first-order valence-corrected chi connectivity index (χ1v) is 5.06. The van der Waals surface area contributed by atoms with Crippen LogP contribution in [0.25, 0.3) is 0 Å². The zero-order valence-corrected chi connectivity index (χ0v) is 7.93. The van der Waals surface area contributed by atoms with Crippen molar-refractivity contribution >= 4 is 11.8 Å². The molecule has 1 heterocycles. The highest BCUT2D eigenvalue weighted by Gasteiger charge is 2.22. The van der Waals surface area contributed by atoms with Crippen molar-refractivity contribution in [1.29, 1.82) is 0 Å². The normalized spacial score (nSPS) is 17.8. The predicted octanol–water partition coefficient (Wildman–Crippen LogP) is 0.976. The average Bonchev–Trinajstić information content (AvgIpc) is 2.42. The maximum absolute atomic E-state index is 4.50. The lowest BCUT2D eigenvalue weighted by Crippen LogP contribution is -2.19. The molecular weight excluding hydrogens is 168 g/mol. The van der Waals surface area contributed by atoms with Crippen LogP contribution < -0.4 is 10.7 Å². The summed E-state index contributed by atoms with van der Waals surface area (Å²) < 4.78 is 0. The Hall–Kier alpha value is -0.830. The van der Waals surface area contributed by atoms with Crippen LogP contribution in [0.5, 0.6) is 0 Å². The fourth-order valence-electron chi connectivity index (χ4n) is 1.22. The van der Waals surface area contributed by atoms with Crippen LogP contribution in [-0.4, -0.2) is 11.3 Å². The van der Waals surface area contributed by atoms with E-state index in [9.17, 15) is 0 Å². The second-order valence-electron chi connectivity index (χ2n) is 2.85. The van der Waals surface area contributed by atoms with Crippen molar-refractivity contribution in [2.24, 2.45) is 9.98 Å². The van der Waals surface area contributed by atoms with Crippen molar-refractivity contribution in [2.75, 3.05) is 6.26 Å². The number of thioether (sulfide) groups is 1. The third kappa shape index (κ3) is 1.14. The van der Waals surface area contributed by atoms with E-state index < -0.39 is 0 Å². The molecule has 0 saturated carbocycles. The van der Waals surface area contributed by atoms with Crippen molar-refractivity contribution in [3.8, 4) is 0 Å². The Kier molecular flexibility index (Phi) is 1.68. The maximum atomic E-state index is 4.50. The van der Waals surface area contributed by atoms with Gasteiger partial charge in [-0.1, -0.05) is 12.1 Å². The van der Waals surface area contributed by atoms with Gasteiger partial charge in [0.1, 0.15) is 0 Å². The van der Waals surface area contributed by atoms with E-state index in [4.69, 9.17) is 0 Å². The number of benzene rings is 1. The Labute approximate surface area is 75.4 Å². The molecule has 0 aliphatic carbocycles. The second kappa shape index (κ2) is 2.59. The molecule has 2 nitrogen and oxygen atoms in total. The highest BCUT2D eigenvalue weighted by molar-refractivity contribution is 7.99. The molecule has 0 fully saturated rings. The van der Waals surface area contributed by atoms with Crippen LogP contribution in [0.4, 0.5) is 0 Å². The lowest BCUT2D eigenvalue weighted by atomic mass is 10.3. The van der Waals surface area contributed by atoms with Crippen LogP contribution in [0.3, 0.4) is 0 Å². The molecule has 0 aromatic heterocycles. The van der Waals surface area contributed by atoms with Crippen LogP contribution in [0, 0.1) is 0 Å². The zero-order valence-electron chi connectivity index (χ0n) is 7.11.